The van der Waals surface area contributed by atoms with E-state index in [0.717, 1.165) is 12.8 Å². The van der Waals surface area contributed by atoms with Crippen LogP contribution in [0, 0.1) is 0 Å². The van der Waals surface area contributed by atoms with Gasteiger partial charge in [0.05, 0.1) is 5.41 Å². The Hall–Kier alpha value is -7.28. The van der Waals surface area contributed by atoms with Gasteiger partial charge in [0.1, 0.15) is 0 Å². The van der Waals surface area contributed by atoms with E-state index in [0.29, 0.717) is 0 Å². The average Bonchev–Trinajstić information content (AvgIpc) is 3.53. The molecule has 0 aromatic heterocycles. The zero-order valence-corrected chi connectivity index (χ0v) is 32.7. The van der Waals surface area contributed by atoms with Crippen molar-refractivity contribution in [2.24, 2.45) is 0 Å². The maximum Gasteiger partial charge on any atom is 0.0719 e. The molecule has 10 aromatic carbocycles. The predicted octanol–water partition coefficient (Wildman–Crippen LogP) is 15.1. The summed E-state index contributed by atoms with van der Waals surface area (Å²) < 4.78 is 0. The number of aryl methyl sites for hydroxylation is 2. The molecule has 276 valence electrons. The average molecular weight is 749 g/mol. The van der Waals surface area contributed by atoms with Crippen LogP contribution in [0.2, 0.25) is 0 Å². The van der Waals surface area contributed by atoms with Gasteiger partial charge in [-0.2, -0.15) is 0 Å². The zero-order valence-electron chi connectivity index (χ0n) is 32.7. The Morgan fingerprint density at radius 1 is 0.237 bits per heavy atom. The second-order valence-corrected chi connectivity index (χ2v) is 16.2. The minimum absolute atomic E-state index is 0.500. The molecule has 2 aliphatic rings. The molecule has 0 N–H and O–H groups in total. The van der Waals surface area contributed by atoms with Gasteiger partial charge in [0, 0.05) is 0 Å². The highest BCUT2D eigenvalue weighted by atomic mass is 14.5. The normalized spacial score (nSPS) is 13.4. The summed E-state index contributed by atoms with van der Waals surface area (Å²) in [5.41, 5.74) is 20.6. The van der Waals surface area contributed by atoms with Crippen molar-refractivity contribution in [3.05, 3.63) is 252 Å². The van der Waals surface area contributed by atoms with Crippen LogP contribution in [0.4, 0.5) is 0 Å². The van der Waals surface area contributed by atoms with Crippen LogP contribution in [0.1, 0.15) is 33.4 Å². The highest BCUT2D eigenvalue weighted by Gasteiger charge is 2.49. The first-order valence-corrected chi connectivity index (χ1v) is 20.9. The monoisotopic (exact) mass is 748 g/mol. The second-order valence-electron chi connectivity index (χ2n) is 16.2. The Morgan fingerprint density at radius 2 is 0.576 bits per heavy atom. The van der Waals surface area contributed by atoms with Crippen molar-refractivity contribution in [2.45, 2.75) is 18.3 Å². The Bertz CT molecular complexity index is 3040. The Kier molecular flexibility index (Phi) is 7.68. The third-order valence-corrected chi connectivity index (χ3v) is 13.3. The number of hydrogen-bond donors (Lipinski definition) is 0. The molecule has 0 heteroatoms. The van der Waals surface area contributed by atoms with Gasteiger partial charge in [0.25, 0.3) is 0 Å². The molecular formula is C59H40. The van der Waals surface area contributed by atoms with E-state index in [1.807, 2.05) is 0 Å². The van der Waals surface area contributed by atoms with Crippen LogP contribution in [-0.4, -0.2) is 0 Å². The first kappa shape index (κ1) is 33.8. The molecule has 0 atom stereocenters. The number of benzene rings is 10. The molecule has 0 saturated heterocycles. The molecule has 0 unspecified atom stereocenters. The summed E-state index contributed by atoms with van der Waals surface area (Å²) in [7, 11) is 0. The van der Waals surface area contributed by atoms with Gasteiger partial charge in [-0.15, -0.1) is 0 Å². The fourth-order valence-corrected chi connectivity index (χ4v) is 10.7. The van der Waals surface area contributed by atoms with Crippen molar-refractivity contribution < 1.29 is 0 Å². The van der Waals surface area contributed by atoms with Crippen LogP contribution in [0.25, 0.3) is 77.2 Å². The molecule has 2 aliphatic carbocycles. The van der Waals surface area contributed by atoms with Crippen LogP contribution >= 0.6 is 0 Å². The molecule has 1 spiro atoms. The number of rotatable bonds is 4. The predicted molar refractivity (Wildman–Crippen MR) is 248 cm³/mol. The lowest BCUT2D eigenvalue weighted by atomic mass is 9.65. The van der Waals surface area contributed by atoms with Crippen molar-refractivity contribution in [1.29, 1.82) is 0 Å². The highest BCUT2D eigenvalue weighted by molar-refractivity contribution is 6.06. The molecule has 0 heterocycles. The zero-order chi connectivity index (χ0) is 38.9. The minimum Gasteiger partial charge on any atom is -0.0622 e. The summed E-state index contributed by atoms with van der Waals surface area (Å²) in [4.78, 5) is 0. The van der Waals surface area contributed by atoms with E-state index in [-0.39, 0.29) is 0 Å². The summed E-state index contributed by atoms with van der Waals surface area (Å²) in [6.07, 6.45) is 1.97. The van der Waals surface area contributed by atoms with Crippen molar-refractivity contribution in [1.82, 2.24) is 0 Å². The topological polar surface area (TPSA) is 0 Å². The van der Waals surface area contributed by atoms with Gasteiger partial charge in [0.15, 0.2) is 0 Å². The molecule has 12 rings (SSSR count). The molecule has 0 nitrogen and oxygen atoms in total. The second kappa shape index (κ2) is 13.4. The largest absolute Gasteiger partial charge is 0.0719 e. The van der Waals surface area contributed by atoms with Crippen LogP contribution in [0.15, 0.2) is 218 Å². The summed E-state index contributed by atoms with van der Waals surface area (Å²) in [6.45, 7) is 0. The summed E-state index contributed by atoms with van der Waals surface area (Å²) in [5.74, 6) is 0. The molecule has 0 aliphatic heterocycles. The Balaban J connectivity index is 1.12. The number of hydrogen-bond acceptors (Lipinski definition) is 0. The van der Waals surface area contributed by atoms with Gasteiger partial charge in [-0.3, -0.25) is 0 Å². The van der Waals surface area contributed by atoms with Crippen LogP contribution < -0.4 is 0 Å². The fourth-order valence-electron chi connectivity index (χ4n) is 10.7. The Morgan fingerprint density at radius 3 is 0.983 bits per heavy atom. The standard InChI is InChI=1S/C59H40/c1-3-15-39(16-4-1)45-33-35-47(51-21-9-7-19-49(45)51)43-31-29-41-27-28-42-30-32-44(48-36-34-46(40-17-5-2-6-18-40)50-20-8-10-22-52(48)50)38-58(42)59(57(41)37-43)55-25-13-11-23-53(55)54-24-12-14-26-56(54)59/h1-26,29-38H,27-28H2. The SMILES string of the molecule is c1ccc(-c2ccc(-c3ccc4c(c3)C3(c5cc(-c6ccc(-c7ccccc7)c7ccccc67)ccc5CC4)c4ccccc4-c4ccccc43)c3ccccc23)cc1. The lowest BCUT2D eigenvalue weighted by Gasteiger charge is -2.36. The number of fused-ring (bicyclic) bond motifs is 11. The molecule has 0 saturated carbocycles. The molecule has 0 radical (unpaired) electrons. The third kappa shape index (κ3) is 5.09. The highest BCUT2D eigenvalue weighted by Crippen LogP contribution is 2.59. The quantitative estimate of drug-likeness (QED) is 0.168. The maximum absolute atomic E-state index is 2.56. The fraction of sp³-hybridized carbons (Fsp3) is 0.0508. The van der Waals surface area contributed by atoms with Crippen molar-refractivity contribution in [3.8, 4) is 55.6 Å². The minimum atomic E-state index is -0.500. The summed E-state index contributed by atoms with van der Waals surface area (Å²) in [6, 6.07) is 82.0. The van der Waals surface area contributed by atoms with Gasteiger partial charge >= 0.3 is 0 Å². The third-order valence-electron chi connectivity index (χ3n) is 13.3. The molecule has 0 amide bonds. The van der Waals surface area contributed by atoms with Gasteiger partial charge in [-0.1, -0.05) is 206 Å². The van der Waals surface area contributed by atoms with E-state index in [1.54, 1.807) is 0 Å². The maximum atomic E-state index is 2.56. The molecular weight excluding hydrogens is 709 g/mol. The van der Waals surface area contributed by atoms with Gasteiger partial charge in [-0.05, 0) is 136 Å². The summed E-state index contributed by atoms with van der Waals surface area (Å²) in [5, 5.41) is 5.10. The lowest BCUT2D eigenvalue weighted by molar-refractivity contribution is 0.763. The molecule has 59 heavy (non-hydrogen) atoms. The molecule has 10 aromatic rings. The van der Waals surface area contributed by atoms with E-state index < -0.39 is 5.41 Å². The van der Waals surface area contributed by atoms with Crippen LogP contribution in [0.3, 0.4) is 0 Å². The van der Waals surface area contributed by atoms with Crippen molar-refractivity contribution >= 4 is 21.5 Å². The Labute approximate surface area is 345 Å². The van der Waals surface area contributed by atoms with Crippen LogP contribution in [0.5, 0.6) is 0 Å². The van der Waals surface area contributed by atoms with Crippen molar-refractivity contribution in [3.63, 3.8) is 0 Å². The lowest BCUT2D eigenvalue weighted by Crippen LogP contribution is -2.30. The van der Waals surface area contributed by atoms with E-state index in [4.69, 9.17) is 0 Å². The first-order valence-electron chi connectivity index (χ1n) is 20.9. The van der Waals surface area contributed by atoms with E-state index in [2.05, 4.69) is 218 Å². The van der Waals surface area contributed by atoms with Gasteiger partial charge in [-0.25, -0.2) is 0 Å². The summed E-state index contributed by atoms with van der Waals surface area (Å²) >= 11 is 0. The smallest absolute Gasteiger partial charge is 0.0622 e. The van der Waals surface area contributed by atoms with Crippen LogP contribution in [-0.2, 0) is 18.3 Å². The molecule has 0 bridgehead atoms. The van der Waals surface area contributed by atoms with Gasteiger partial charge < -0.3 is 0 Å². The van der Waals surface area contributed by atoms with Crippen molar-refractivity contribution in [2.75, 3.05) is 0 Å². The van der Waals surface area contributed by atoms with E-state index >= 15 is 0 Å². The van der Waals surface area contributed by atoms with Gasteiger partial charge in [0.2, 0.25) is 0 Å². The first-order chi connectivity index (χ1) is 29.3. The molecule has 0 fully saturated rings. The van der Waals surface area contributed by atoms with E-state index in [1.165, 1.54) is 111 Å². The van der Waals surface area contributed by atoms with E-state index in [9.17, 15) is 0 Å².